The van der Waals surface area contributed by atoms with E-state index in [0.717, 1.165) is 5.56 Å². The van der Waals surface area contributed by atoms with E-state index in [0.29, 0.717) is 22.9 Å². The Balaban J connectivity index is 1.56. The molecule has 1 fully saturated rings. The largest absolute Gasteiger partial charge is 0.467 e. The van der Waals surface area contributed by atoms with E-state index >= 15 is 0 Å². The molecule has 0 radical (unpaired) electrons. The first-order chi connectivity index (χ1) is 15.1. The molecule has 10 heteroatoms. The number of nitro benzene ring substituents is 1. The van der Waals surface area contributed by atoms with Gasteiger partial charge in [-0.25, -0.2) is 0 Å². The van der Waals surface area contributed by atoms with Crippen LogP contribution >= 0.6 is 11.8 Å². The van der Waals surface area contributed by atoms with Crippen LogP contribution in [0.5, 0.6) is 0 Å². The van der Waals surface area contributed by atoms with E-state index < -0.39 is 10.2 Å². The molecule has 1 atom stereocenters. The van der Waals surface area contributed by atoms with Gasteiger partial charge in [0.1, 0.15) is 5.76 Å². The highest BCUT2D eigenvalue weighted by atomic mass is 32.2. The minimum Gasteiger partial charge on any atom is -0.467 e. The number of thioether (sulfide) groups is 1. The second kappa shape index (κ2) is 9.35. The third-order valence-corrected chi connectivity index (χ3v) is 5.66. The van der Waals surface area contributed by atoms with Crippen LogP contribution in [-0.2, 0) is 17.8 Å². The molecule has 3 heterocycles. The molecule has 0 saturated carbocycles. The van der Waals surface area contributed by atoms with Crippen LogP contribution in [0.2, 0.25) is 0 Å². The Labute approximate surface area is 181 Å². The standard InChI is InChI=1S/C21H17N5O4S/c27-20-19(11-15-4-1-6-17(10-15)26(28)29)31-21(25(20)14-18-7-3-9-30-18)24-23-13-16-5-2-8-22-12-16/h1-10,12-13,19H,11,14H2. The SMILES string of the molecule is O=C1C(Cc2cccc([N+](=O)[O-])c2)SC(=NN=Cc2cccnc2)N1Cc1ccco1. The van der Waals surface area contributed by atoms with Crippen LogP contribution in [0.4, 0.5) is 5.69 Å². The minimum atomic E-state index is -0.468. The maximum atomic E-state index is 13.1. The first kappa shape index (κ1) is 20.5. The second-order valence-corrected chi connectivity index (χ2v) is 7.82. The van der Waals surface area contributed by atoms with Crippen LogP contribution in [0.15, 0.2) is 81.8 Å². The van der Waals surface area contributed by atoms with Crippen LogP contribution in [-0.4, -0.2) is 37.3 Å². The van der Waals surface area contributed by atoms with E-state index in [2.05, 4.69) is 15.2 Å². The highest BCUT2D eigenvalue weighted by molar-refractivity contribution is 8.15. The lowest BCUT2D eigenvalue weighted by atomic mass is 10.1. The van der Waals surface area contributed by atoms with Gasteiger partial charge in [0.05, 0.1) is 29.2 Å². The topological polar surface area (TPSA) is 114 Å². The average molecular weight is 435 g/mol. The Morgan fingerprint density at radius 2 is 2.16 bits per heavy atom. The summed E-state index contributed by atoms with van der Waals surface area (Å²) in [5.41, 5.74) is 1.49. The van der Waals surface area contributed by atoms with Crippen LogP contribution in [0.25, 0.3) is 0 Å². The molecule has 0 N–H and O–H groups in total. The van der Waals surface area contributed by atoms with E-state index in [4.69, 9.17) is 4.42 Å². The van der Waals surface area contributed by atoms with E-state index in [1.165, 1.54) is 28.8 Å². The summed E-state index contributed by atoms with van der Waals surface area (Å²) in [6, 6.07) is 13.5. The molecule has 0 aliphatic carbocycles. The zero-order valence-electron chi connectivity index (χ0n) is 16.2. The van der Waals surface area contributed by atoms with Gasteiger partial charge in [0.25, 0.3) is 5.69 Å². The van der Waals surface area contributed by atoms with Gasteiger partial charge in [-0.2, -0.15) is 5.10 Å². The number of carbonyl (C=O) groups excluding carboxylic acids is 1. The zero-order valence-corrected chi connectivity index (χ0v) is 17.0. The van der Waals surface area contributed by atoms with Gasteiger partial charge in [0.2, 0.25) is 5.91 Å². The molecule has 0 spiro atoms. The van der Waals surface area contributed by atoms with Crippen molar-refractivity contribution in [3.63, 3.8) is 0 Å². The van der Waals surface area contributed by atoms with Gasteiger partial charge >= 0.3 is 0 Å². The average Bonchev–Trinajstić information content (AvgIpc) is 3.39. The number of hydrogen-bond donors (Lipinski definition) is 0. The Hall–Kier alpha value is -3.79. The zero-order chi connectivity index (χ0) is 21.6. The fourth-order valence-electron chi connectivity index (χ4n) is 3.03. The van der Waals surface area contributed by atoms with Crippen molar-refractivity contribution >= 4 is 34.7 Å². The lowest BCUT2D eigenvalue weighted by Crippen LogP contribution is -2.32. The van der Waals surface area contributed by atoms with E-state index in [1.54, 1.807) is 55.2 Å². The van der Waals surface area contributed by atoms with Crippen LogP contribution < -0.4 is 0 Å². The molecule has 1 saturated heterocycles. The first-order valence-electron chi connectivity index (χ1n) is 9.35. The fraction of sp³-hybridized carbons (Fsp3) is 0.143. The molecule has 1 aliphatic heterocycles. The predicted molar refractivity (Wildman–Crippen MR) is 117 cm³/mol. The van der Waals surface area contributed by atoms with Gasteiger partial charge in [-0.15, -0.1) is 5.10 Å². The van der Waals surface area contributed by atoms with Crippen LogP contribution in [0.3, 0.4) is 0 Å². The van der Waals surface area contributed by atoms with Crippen molar-refractivity contribution in [1.29, 1.82) is 0 Å². The maximum Gasteiger partial charge on any atom is 0.269 e. The summed E-state index contributed by atoms with van der Waals surface area (Å²) in [6.07, 6.45) is 6.76. The number of hydrogen-bond acceptors (Lipinski definition) is 8. The number of amides is 1. The molecule has 0 bridgehead atoms. The number of pyridine rings is 1. The first-order valence-corrected chi connectivity index (χ1v) is 10.2. The van der Waals surface area contributed by atoms with Crippen molar-refractivity contribution in [3.8, 4) is 0 Å². The van der Waals surface area contributed by atoms with Gasteiger partial charge in [-0.1, -0.05) is 30.0 Å². The molecule has 156 valence electrons. The summed E-state index contributed by atoms with van der Waals surface area (Å²) < 4.78 is 5.38. The number of carbonyl (C=O) groups is 1. The van der Waals surface area contributed by atoms with Crippen molar-refractivity contribution in [2.75, 3.05) is 0 Å². The van der Waals surface area contributed by atoms with Crippen LogP contribution in [0, 0.1) is 10.1 Å². The molecule has 31 heavy (non-hydrogen) atoms. The number of aromatic nitrogens is 1. The normalized spacial score (nSPS) is 17.7. The van der Waals surface area contributed by atoms with Crippen molar-refractivity contribution in [2.24, 2.45) is 10.2 Å². The number of non-ortho nitro benzene ring substituents is 1. The second-order valence-electron chi connectivity index (χ2n) is 6.65. The maximum absolute atomic E-state index is 13.1. The van der Waals surface area contributed by atoms with Crippen molar-refractivity contribution < 1.29 is 14.1 Å². The monoisotopic (exact) mass is 435 g/mol. The van der Waals surface area contributed by atoms with Gasteiger partial charge in [0.15, 0.2) is 5.17 Å². The fourth-order valence-corrected chi connectivity index (χ4v) is 4.16. The summed E-state index contributed by atoms with van der Waals surface area (Å²) in [6.45, 7) is 0.228. The molecule has 3 aromatic rings. The number of furan rings is 1. The van der Waals surface area contributed by atoms with Gasteiger partial charge in [-0.05, 0) is 30.2 Å². The quantitative estimate of drug-likeness (QED) is 0.318. The molecule has 1 aromatic carbocycles. The molecular formula is C21H17N5O4S. The predicted octanol–water partition coefficient (Wildman–Crippen LogP) is 3.66. The lowest BCUT2D eigenvalue weighted by molar-refractivity contribution is -0.384. The number of benzene rings is 1. The Morgan fingerprint density at radius 1 is 1.26 bits per heavy atom. The molecular weight excluding hydrogens is 418 g/mol. The number of amidine groups is 1. The Kier molecular flexibility index (Phi) is 6.18. The smallest absolute Gasteiger partial charge is 0.269 e. The van der Waals surface area contributed by atoms with Gasteiger partial charge in [0, 0.05) is 30.1 Å². The molecule has 4 rings (SSSR count). The van der Waals surface area contributed by atoms with E-state index in [-0.39, 0.29) is 18.1 Å². The third-order valence-electron chi connectivity index (χ3n) is 4.49. The number of nitrogens with zero attached hydrogens (tertiary/aromatic N) is 5. The van der Waals surface area contributed by atoms with E-state index in [9.17, 15) is 14.9 Å². The van der Waals surface area contributed by atoms with Crippen molar-refractivity contribution in [3.05, 3.63) is 94.2 Å². The number of nitro groups is 1. The third kappa shape index (κ3) is 5.04. The molecule has 1 aliphatic rings. The summed E-state index contributed by atoms with van der Waals surface area (Å²) >= 11 is 1.28. The van der Waals surface area contributed by atoms with Gasteiger partial charge in [-0.3, -0.25) is 24.8 Å². The highest BCUT2D eigenvalue weighted by Crippen LogP contribution is 2.32. The van der Waals surface area contributed by atoms with Crippen molar-refractivity contribution in [2.45, 2.75) is 18.2 Å². The van der Waals surface area contributed by atoms with Gasteiger partial charge < -0.3 is 4.42 Å². The molecule has 1 amide bonds. The molecule has 9 nitrogen and oxygen atoms in total. The van der Waals surface area contributed by atoms with E-state index in [1.807, 2.05) is 6.07 Å². The van der Waals surface area contributed by atoms with Crippen LogP contribution in [0.1, 0.15) is 16.9 Å². The molecule has 1 unspecified atom stereocenters. The molecule has 2 aromatic heterocycles. The van der Waals surface area contributed by atoms with Crippen molar-refractivity contribution in [1.82, 2.24) is 9.88 Å². The Bertz CT molecular complexity index is 1130. The summed E-state index contributed by atoms with van der Waals surface area (Å²) in [7, 11) is 0. The highest BCUT2D eigenvalue weighted by Gasteiger charge is 2.38. The summed E-state index contributed by atoms with van der Waals surface area (Å²) in [5.74, 6) is 0.470. The summed E-state index contributed by atoms with van der Waals surface area (Å²) in [4.78, 5) is 29.2. The summed E-state index contributed by atoms with van der Waals surface area (Å²) in [5, 5.41) is 19.4. The number of rotatable bonds is 7. The Morgan fingerprint density at radius 3 is 2.90 bits per heavy atom. The lowest BCUT2D eigenvalue weighted by Gasteiger charge is -2.14. The minimum absolute atomic E-state index is 0.00431.